The summed E-state index contributed by atoms with van der Waals surface area (Å²) in [6, 6.07) is 3.73. The van der Waals surface area contributed by atoms with Crippen LogP contribution in [0.15, 0.2) is 31.6 Å². The molecule has 21 heavy (non-hydrogen) atoms. The van der Waals surface area contributed by atoms with Crippen LogP contribution in [0.5, 0.6) is 11.5 Å². The van der Waals surface area contributed by atoms with Crippen molar-refractivity contribution in [2.75, 3.05) is 13.2 Å². The minimum absolute atomic E-state index is 0.195. The first-order valence-corrected chi connectivity index (χ1v) is 9.14. The van der Waals surface area contributed by atoms with Crippen LogP contribution < -0.4 is 9.47 Å². The number of ether oxygens (including phenoxy) is 2. The summed E-state index contributed by atoms with van der Waals surface area (Å²) in [5.41, 5.74) is 0. The highest BCUT2D eigenvalue weighted by atomic mass is 79.9. The molecule has 118 valence electrons. The number of benzene rings is 1. The van der Waals surface area contributed by atoms with Crippen LogP contribution in [0.3, 0.4) is 0 Å². The predicted octanol–water partition coefficient (Wildman–Crippen LogP) is 6.87. The number of hydrogen-bond donors (Lipinski definition) is 0. The third-order valence-corrected chi connectivity index (χ3v) is 4.19. The van der Waals surface area contributed by atoms with E-state index in [4.69, 9.17) is 32.7 Å². The summed E-state index contributed by atoms with van der Waals surface area (Å²) in [6.07, 6.45) is 6.31. The van der Waals surface area contributed by atoms with Gasteiger partial charge in [-0.3, -0.25) is 0 Å². The molecule has 0 aliphatic rings. The van der Waals surface area contributed by atoms with Crippen LogP contribution in [0.25, 0.3) is 0 Å². The van der Waals surface area contributed by atoms with E-state index in [-0.39, 0.29) is 4.49 Å². The highest BCUT2D eigenvalue weighted by Gasteiger charge is 2.09. The van der Waals surface area contributed by atoms with Gasteiger partial charge in [0.2, 0.25) is 0 Å². The van der Waals surface area contributed by atoms with E-state index >= 15 is 0 Å². The summed E-state index contributed by atoms with van der Waals surface area (Å²) < 4.78 is 13.2. The van der Waals surface area contributed by atoms with E-state index in [1.807, 2.05) is 12.1 Å². The topological polar surface area (TPSA) is 18.5 Å². The molecule has 6 heteroatoms. The van der Waals surface area contributed by atoms with E-state index in [0.29, 0.717) is 19.0 Å². The van der Waals surface area contributed by atoms with Crippen LogP contribution in [-0.2, 0) is 0 Å². The van der Waals surface area contributed by atoms with Gasteiger partial charge < -0.3 is 9.47 Å². The molecule has 0 amide bonds. The molecule has 1 aromatic carbocycles. The van der Waals surface area contributed by atoms with Crippen molar-refractivity contribution < 1.29 is 9.47 Å². The Morgan fingerprint density at radius 1 is 1.10 bits per heavy atom. The molecule has 0 saturated carbocycles. The molecule has 0 saturated heterocycles. The van der Waals surface area contributed by atoms with E-state index in [9.17, 15) is 0 Å². The Hall–Kier alpha value is 0.1000. The largest absolute Gasteiger partial charge is 0.491 e. The van der Waals surface area contributed by atoms with E-state index in [2.05, 4.69) is 38.8 Å². The number of halogens is 4. The third-order valence-electron chi connectivity index (χ3n) is 2.70. The van der Waals surface area contributed by atoms with Gasteiger partial charge in [-0.25, -0.2) is 0 Å². The Morgan fingerprint density at radius 2 is 1.76 bits per heavy atom. The van der Waals surface area contributed by atoms with Crippen LogP contribution in [0, 0.1) is 0 Å². The van der Waals surface area contributed by atoms with Crippen molar-refractivity contribution in [3.05, 3.63) is 31.6 Å². The lowest BCUT2D eigenvalue weighted by atomic mass is 10.2. The maximum atomic E-state index is 5.81. The van der Waals surface area contributed by atoms with Crippen molar-refractivity contribution >= 4 is 55.1 Å². The smallest absolute Gasteiger partial charge is 0.147 e. The fraction of sp³-hybridized carbons (Fsp3) is 0.467. The van der Waals surface area contributed by atoms with Crippen LogP contribution >= 0.6 is 55.1 Å². The molecule has 1 aromatic rings. The maximum absolute atomic E-state index is 5.81. The summed E-state index contributed by atoms with van der Waals surface area (Å²) in [6.45, 7) is 3.22. The molecule has 0 fully saturated rings. The van der Waals surface area contributed by atoms with Gasteiger partial charge in [0.15, 0.2) is 0 Å². The van der Waals surface area contributed by atoms with Gasteiger partial charge in [0.05, 0.1) is 15.6 Å². The molecule has 0 spiro atoms. The van der Waals surface area contributed by atoms with Gasteiger partial charge >= 0.3 is 0 Å². The van der Waals surface area contributed by atoms with Gasteiger partial charge in [-0.1, -0.05) is 49.4 Å². The average molecular weight is 461 g/mol. The quantitative estimate of drug-likeness (QED) is 0.374. The van der Waals surface area contributed by atoms with Crippen molar-refractivity contribution in [1.29, 1.82) is 0 Å². The van der Waals surface area contributed by atoms with Crippen LogP contribution in [-0.4, -0.2) is 13.2 Å². The first-order valence-electron chi connectivity index (χ1n) is 6.80. The summed E-state index contributed by atoms with van der Waals surface area (Å²) in [7, 11) is 0. The average Bonchev–Trinajstić information content (AvgIpc) is 2.40. The van der Waals surface area contributed by atoms with Gasteiger partial charge in [0.25, 0.3) is 0 Å². The van der Waals surface area contributed by atoms with Crippen molar-refractivity contribution in [2.45, 2.75) is 32.6 Å². The molecule has 0 aliphatic carbocycles. The Kier molecular flexibility index (Phi) is 9.81. The Balaban J connectivity index is 2.56. The Labute approximate surface area is 153 Å². The van der Waals surface area contributed by atoms with Gasteiger partial charge in [0, 0.05) is 0 Å². The predicted molar refractivity (Wildman–Crippen MR) is 96.8 cm³/mol. The minimum atomic E-state index is 0.195. The van der Waals surface area contributed by atoms with Crippen molar-refractivity contribution in [3.8, 4) is 11.5 Å². The molecule has 0 heterocycles. The summed E-state index contributed by atoms with van der Waals surface area (Å²) in [5, 5.41) is 0. The Bertz CT molecular complexity index is 452. The molecule has 0 unspecified atom stereocenters. The minimum Gasteiger partial charge on any atom is -0.491 e. The molecule has 0 N–H and O–H groups in total. The lowest BCUT2D eigenvalue weighted by molar-refractivity contribution is 0.300. The fourth-order valence-electron chi connectivity index (χ4n) is 1.66. The van der Waals surface area contributed by atoms with Gasteiger partial charge in [0.1, 0.15) is 22.6 Å². The molecule has 0 atom stereocenters. The van der Waals surface area contributed by atoms with Crippen molar-refractivity contribution in [1.82, 2.24) is 0 Å². The summed E-state index contributed by atoms with van der Waals surface area (Å²) >= 11 is 18.1. The second-order valence-corrected chi connectivity index (χ2v) is 7.15. The van der Waals surface area contributed by atoms with Crippen molar-refractivity contribution in [2.24, 2.45) is 0 Å². The molecular weight excluding hydrogens is 443 g/mol. The zero-order valence-electron chi connectivity index (χ0n) is 11.8. The molecular formula is C15H18Br2Cl2O2. The first-order chi connectivity index (χ1) is 10.0. The van der Waals surface area contributed by atoms with Gasteiger partial charge in [-0.05, 0) is 56.5 Å². The lowest BCUT2D eigenvalue weighted by Gasteiger charge is -2.12. The van der Waals surface area contributed by atoms with Crippen LogP contribution in [0.1, 0.15) is 32.6 Å². The first kappa shape index (κ1) is 19.1. The van der Waals surface area contributed by atoms with E-state index in [1.165, 1.54) is 19.3 Å². The van der Waals surface area contributed by atoms with Crippen molar-refractivity contribution in [3.63, 3.8) is 0 Å². The molecule has 1 rings (SSSR count). The zero-order valence-corrected chi connectivity index (χ0v) is 16.5. The normalized spacial score (nSPS) is 10.3. The highest BCUT2D eigenvalue weighted by Crippen LogP contribution is 2.37. The zero-order chi connectivity index (χ0) is 15.7. The van der Waals surface area contributed by atoms with E-state index in [1.54, 1.807) is 6.08 Å². The molecule has 0 aromatic heterocycles. The van der Waals surface area contributed by atoms with E-state index in [0.717, 1.165) is 21.1 Å². The molecule has 0 bridgehead atoms. The molecule has 0 aliphatic heterocycles. The second-order valence-electron chi connectivity index (χ2n) is 4.43. The summed E-state index contributed by atoms with van der Waals surface area (Å²) in [5.74, 6) is 1.50. The van der Waals surface area contributed by atoms with E-state index < -0.39 is 0 Å². The van der Waals surface area contributed by atoms with Gasteiger partial charge in [-0.2, -0.15) is 0 Å². The maximum Gasteiger partial charge on any atom is 0.147 e. The number of rotatable bonds is 9. The monoisotopic (exact) mass is 458 g/mol. The number of hydrogen-bond acceptors (Lipinski definition) is 2. The summed E-state index contributed by atoms with van der Waals surface area (Å²) in [4.78, 5) is 0. The van der Waals surface area contributed by atoms with Crippen LogP contribution in [0.2, 0.25) is 0 Å². The Morgan fingerprint density at radius 3 is 2.33 bits per heavy atom. The standard InChI is InChI=1S/C15H18Br2Cl2O2/c1-2-3-4-5-7-21-15-12(16)9-11(10-13(15)17)20-8-6-14(18)19/h6,9-10H,2-5,7-8H2,1H3. The third kappa shape index (κ3) is 7.78. The van der Waals surface area contributed by atoms with Gasteiger partial charge in [-0.15, -0.1) is 0 Å². The lowest BCUT2D eigenvalue weighted by Crippen LogP contribution is -2.00. The SMILES string of the molecule is CCCCCCOc1c(Br)cc(OCC=C(Cl)Cl)cc1Br. The fourth-order valence-corrected chi connectivity index (χ4v) is 3.16. The second kappa shape index (κ2) is 10.8. The highest BCUT2D eigenvalue weighted by molar-refractivity contribution is 9.11. The molecule has 0 radical (unpaired) electrons. The number of unbranched alkanes of at least 4 members (excludes halogenated alkanes) is 3. The van der Waals surface area contributed by atoms with Crippen LogP contribution in [0.4, 0.5) is 0 Å². The molecule has 2 nitrogen and oxygen atoms in total.